The van der Waals surface area contributed by atoms with Crippen LogP contribution in [-0.4, -0.2) is 5.11 Å². The lowest BCUT2D eigenvalue weighted by Gasteiger charge is -2.10. The minimum absolute atomic E-state index is 0.270. The molecule has 0 aliphatic rings. The fourth-order valence-corrected chi connectivity index (χ4v) is 3.11. The third-order valence-electron chi connectivity index (χ3n) is 2.60. The van der Waals surface area contributed by atoms with Crippen LogP contribution < -0.4 is 0 Å². The van der Waals surface area contributed by atoms with Crippen LogP contribution in [0.25, 0.3) is 0 Å². The van der Waals surface area contributed by atoms with Crippen LogP contribution in [-0.2, 0) is 6.42 Å². The largest absolute Gasteiger partial charge is 0.388 e. The molecule has 1 aromatic heterocycles. The Morgan fingerprint density at radius 1 is 1.35 bits per heavy atom. The first-order valence-electron chi connectivity index (χ1n) is 5.24. The van der Waals surface area contributed by atoms with Gasteiger partial charge in [-0.05, 0) is 52.2 Å². The molecule has 1 N–H and O–H groups in total. The standard InChI is InChI=1S/C13H12BrFOS/c1-8-2-3-9(6-11(8)15)12(16)7-10-4-5-13(14)17-10/h2-6,12,16H,7H2,1H3. The molecule has 2 aromatic rings. The van der Waals surface area contributed by atoms with Crippen LogP contribution in [0.5, 0.6) is 0 Å². The number of hydrogen-bond acceptors (Lipinski definition) is 2. The summed E-state index contributed by atoms with van der Waals surface area (Å²) in [5.74, 6) is -0.270. The highest BCUT2D eigenvalue weighted by Gasteiger charge is 2.11. The Labute approximate surface area is 112 Å². The van der Waals surface area contributed by atoms with E-state index in [1.807, 2.05) is 12.1 Å². The van der Waals surface area contributed by atoms with Gasteiger partial charge in [-0.1, -0.05) is 12.1 Å². The molecule has 0 spiro atoms. The van der Waals surface area contributed by atoms with E-state index < -0.39 is 6.10 Å². The van der Waals surface area contributed by atoms with Gasteiger partial charge in [-0.2, -0.15) is 0 Å². The molecule has 0 aliphatic carbocycles. The van der Waals surface area contributed by atoms with Gasteiger partial charge in [-0.3, -0.25) is 0 Å². The van der Waals surface area contributed by atoms with E-state index in [-0.39, 0.29) is 5.82 Å². The topological polar surface area (TPSA) is 20.2 Å². The Bertz CT molecular complexity index is 524. The summed E-state index contributed by atoms with van der Waals surface area (Å²) in [6.45, 7) is 1.71. The zero-order valence-electron chi connectivity index (χ0n) is 9.28. The highest BCUT2D eigenvalue weighted by atomic mass is 79.9. The number of aliphatic hydroxyl groups excluding tert-OH is 1. The molecule has 0 amide bonds. The lowest BCUT2D eigenvalue weighted by molar-refractivity contribution is 0.179. The molecule has 0 bridgehead atoms. The van der Waals surface area contributed by atoms with Crippen molar-refractivity contribution in [2.45, 2.75) is 19.4 Å². The van der Waals surface area contributed by atoms with Crippen molar-refractivity contribution < 1.29 is 9.50 Å². The summed E-state index contributed by atoms with van der Waals surface area (Å²) in [4.78, 5) is 1.07. The number of halogens is 2. The monoisotopic (exact) mass is 314 g/mol. The van der Waals surface area contributed by atoms with Crippen LogP contribution in [0.1, 0.15) is 22.1 Å². The van der Waals surface area contributed by atoms with Gasteiger partial charge < -0.3 is 5.11 Å². The summed E-state index contributed by atoms with van der Waals surface area (Å²) in [5.41, 5.74) is 1.22. The first kappa shape index (κ1) is 12.7. The third kappa shape index (κ3) is 3.15. The summed E-state index contributed by atoms with van der Waals surface area (Å²) in [7, 11) is 0. The maximum absolute atomic E-state index is 13.4. The maximum atomic E-state index is 13.4. The smallest absolute Gasteiger partial charge is 0.126 e. The Balaban J connectivity index is 2.14. The van der Waals surface area contributed by atoms with E-state index in [2.05, 4.69) is 15.9 Å². The van der Waals surface area contributed by atoms with Crippen LogP contribution in [0.15, 0.2) is 34.1 Å². The number of aliphatic hydroxyl groups is 1. The Morgan fingerprint density at radius 2 is 2.12 bits per heavy atom. The summed E-state index contributed by atoms with van der Waals surface area (Å²) >= 11 is 4.96. The summed E-state index contributed by atoms with van der Waals surface area (Å²) in [6, 6.07) is 8.78. The molecule has 0 saturated carbocycles. The molecular formula is C13H12BrFOS. The number of benzene rings is 1. The van der Waals surface area contributed by atoms with Gasteiger partial charge in [0.15, 0.2) is 0 Å². The van der Waals surface area contributed by atoms with Crippen LogP contribution in [0.2, 0.25) is 0 Å². The van der Waals surface area contributed by atoms with E-state index in [4.69, 9.17) is 0 Å². The molecule has 0 fully saturated rings. The molecule has 0 saturated heterocycles. The molecule has 0 aliphatic heterocycles. The van der Waals surface area contributed by atoms with E-state index >= 15 is 0 Å². The average Bonchev–Trinajstić information content (AvgIpc) is 2.68. The molecule has 1 nitrogen and oxygen atoms in total. The molecule has 1 atom stereocenters. The van der Waals surface area contributed by atoms with E-state index in [1.54, 1.807) is 30.4 Å². The molecule has 1 unspecified atom stereocenters. The van der Waals surface area contributed by atoms with Gasteiger partial charge in [0.1, 0.15) is 5.82 Å². The number of thiophene rings is 1. The van der Waals surface area contributed by atoms with Crippen LogP contribution >= 0.6 is 27.3 Å². The first-order valence-corrected chi connectivity index (χ1v) is 6.85. The minimum Gasteiger partial charge on any atom is -0.388 e. The molecule has 90 valence electrons. The van der Waals surface area contributed by atoms with Crippen molar-refractivity contribution in [3.8, 4) is 0 Å². The Hall–Kier alpha value is -0.710. The zero-order valence-corrected chi connectivity index (χ0v) is 11.7. The van der Waals surface area contributed by atoms with Crippen molar-refractivity contribution in [2.75, 3.05) is 0 Å². The highest BCUT2D eigenvalue weighted by Crippen LogP contribution is 2.27. The van der Waals surface area contributed by atoms with Crippen molar-refractivity contribution >= 4 is 27.3 Å². The van der Waals surface area contributed by atoms with E-state index in [1.165, 1.54) is 6.07 Å². The molecule has 17 heavy (non-hydrogen) atoms. The third-order valence-corrected chi connectivity index (χ3v) is 4.25. The first-order chi connectivity index (χ1) is 8.06. The normalized spacial score (nSPS) is 12.7. The van der Waals surface area contributed by atoms with Gasteiger partial charge in [0.25, 0.3) is 0 Å². The highest BCUT2D eigenvalue weighted by molar-refractivity contribution is 9.11. The second-order valence-electron chi connectivity index (χ2n) is 3.93. The second-order valence-corrected chi connectivity index (χ2v) is 6.48. The molecule has 1 heterocycles. The van der Waals surface area contributed by atoms with E-state index in [0.717, 1.165) is 8.66 Å². The number of hydrogen-bond donors (Lipinski definition) is 1. The fourth-order valence-electron chi connectivity index (χ4n) is 1.59. The van der Waals surface area contributed by atoms with Crippen LogP contribution in [0.4, 0.5) is 4.39 Å². The lowest BCUT2D eigenvalue weighted by atomic mass is 10.0. The van der Waals surface area contributed by atoms with Crippen molar-refractivity contribution in [1.29, 1.82) is 0 Å². The van der Waals surface area contributed by atoms with Crippen molar-refractivity contribution in [1.82, 2.24) is 0 Å². The average molecular weight is 315 g/mol. The number of aryl methyl sites for hydroxylation is 1. The van der Waals surface area contributed by atoms with Crippen molar-refractivity contribution in [3.63, 3.8) is 0 Å². The second kappa shape index (κ2) is 5.29. The quantitative estimate of drug-likeness (QED) is 0.898. The fraction of sp³-hybridized carbons (Fsp3) is 0.231. The molecule has 1 aromatic carbocycles. The van der Waals surface area contributed by atoms with Crippen LogP contribution in [0, 0.1) is 12.7 Å². The zero-order chi connectivity index (χ0) is 12.4. The predicted octanol–water partition coefficient (Wildman–Crippen LogP) is 4.23. The van der Waals surface area contributed by atoms with Crippen molar-refractivity contribution in [2.24, 2.45) is 0 Å². The maximum Gasteiger partial charge on any atom is 0.126 e. The van der Waals surface area contributed by atoms with Crippen LogP contribution in [0.3, 0.4) is 0 Å². The molecule has 2 rings (SSSR count). The SMILES string of the molecule is Cc1ccc(C(O)Cc2ccc(Br)s2)cc1F. The van der Waals surface area contributed by atoms with Gasteiger partial charge in [-0.25, -0.2) is 4.39 Å². The Kier molecular flexibility index (Phi) is 3.97. The summed E-state index contributed by atoms with van der Waals surface area (Å²) in [6.07, 6.45) is -0.144. The molecule has 0 radical (unpaired) electrons. The van der Waals surface area contributed by atoms with Gasteiger partial charge in [0.2, 0.25) is 0 Å². The Morgan fingerprint density at radius 3 is 2.71 bits per heavy atom. The lowest BCUT2D eigenvalue weighted by Crippen LogP contribution is -2.01. The van der Waals surface area contributed by atoms with Crippen molar-refractivity contribution in [3.05, 3.63) is 55.9 Å². The predicted molar refractivity (Wildman–Crippen MR) is 71.8 cm³/mol. The van der Waals surface area contributed by atoms with Gasteiger partial charge in [-0.15, -0.1) is 11.3 Å². The van der Waals surface area contributed by atoms with E-state index in [0.29, 0.717) is 17.5 Å². The van der Waals surface area contributed by atoms with E-state index in [9.17, 15) is 9.50 Å². The summed E-state index contributed by atoms with van der Waals surface area (Å²) in [5, 5.41) is 10.0. The van der Waals surface area contributed by atoms with Gasteiger partial charge in [0.05, 0.1) is 9.89 Å². The summed E-state index contributed by atoms with van der Waals surface area (Å²) < 4.78 is 14.4. The number of rotatable bonds is 3. The minimum atomic E-state index is -0.657. The molecule has 4 heteroatoms. The van der Waals surface area contributed by atoms with Gasteiger partial charge in [0, 0.05) is 11.3 Å². The van der Waals surface area contributed by atoms with Gasteiger partial charge >= 0.3 is 0 Å². The molecular weight excluding hydrogens is 303 g/mol.